The van der Waals surface area contributed by atoms with Crippen molar-refractivity contribution >= 4 is 40.7 Å². The molecule has 11 nitrogen and oxygen atoms in total. The summed E-state index contributed by atoms with van der Waals surface area (Å²) in [7, 11) is 1.16. The maximum absolute atomic E-state index is 13.5. The lowest BCUT2D eigenvalue weighted by Crippen LogP contribution is -2.60. The minimum absolute atomic E-state index is 0.0404. The molecule has 1 aliphatic heterocycles. The largest absolute Gasteiger partial charge is 0.487 e. The number of carbonyl (C=O) groups excluding carboxylic acids is 4. The summed E-state index contributed by atoms with van der Waals surface area (Å²) < 4.78 is 16.5. The molecule has 46 heavy (non-hydrogen) atoms. The van der Waals surface area contributed by atoms with E-state index >= 15 is 0 Å². The van der Waals surface area contributed by atoms with Gasteiger partial charge in [-0.1, -0.05) is 67.5 Å². The second kappa shape index (κ2) is 14.4. The normalized spacial score (nSPS) is 17.3. The molecule has 3 aromatic carbocycles. The van der Waals surface area contributed by atoms with Gasteiger partial charge in [0.15, 0.2) is 6.61 Å². The second-order valence-electron chi connectivity index (χ2n) is 12.5. The van der Waals surface area contributed by atoms with E-state index < -0.39 is 41.8 Å². The summed E-state index contributed by atoms with van der Waals surface area (Å²) in [6.07, 6.45) is -0.126. The van der Waals surface area contributed by atoms with Crippen molar-refractivity contribution in [2.75, 3.05) is 13.7 Å². The van der Waals surface area contributed by atoms with Crippen LogP contribution in [0.4, 0.5) is 0 Å². The number of amides is 2. The summed E-state index contributed by atoms with van der Waals surface area (Å²) in [6, 6.07) is 20.0. The van der Waals surface area contributed by atoms with Crippen LogP contribution in [0.5, 0.6) is 5.75 Å². The molecular formula is C35H41N3O8. The Hall–Kier alpha value is -4.93. The van der Waals surface area contributed by atoms with Crippen LogP contribution in [0.1, 0.15) is 57.8 Å². The first-order chi connectivity index (χ1) is 21.9. The second-order valence-corrected chi connectivity index (χ2v) is 12.5. The van der Waals surface area contributed by atoms with E-state index in [0.29, 0.717) is 23.4 Å². The summed E-state index contributed by atoms with van der Waals surface area (Å²) in [4.78, 5) is 59.4. The molecule has 0 spiro atoms. The molecule has 3 aromatic rings. The number of ether oxygens (including phenoxy) is 3. The molecule has 0 bridgehead atoms. The van der Waals surface area contributed by atoms with Crippen molar-refractivity contribution in [1.82, 2.24) is 10.2 Å². The number of para-hydroxylation sites is 1. The zero-order chi connectivity index (χ0) is 33.5. The standard InChI is InChI=1S/C35H41N3O8/c1-23(2)31(36-32(41)26-17-16-24-12-10-11-13-25(24)18-26)28-20-35(46-37-28,21-44-27-14-8-7-9-15-27)38(22-39)29(33(42)43-6)19-30(40)45-34(3,4)5/h7-18,22-23,29,31H,19-21H2,1-6H3,(H,36,41)/t29-,31-,35?/m0/s1. The SMILES string of the molecule is COC(=O)[C@H](CC(=O)OC(C)(C)C)N(C=O)C1(COc2ccccc2)CC([C@@H](NC(=O)c2ccc3ccccc3c2)C(C)C)=NO1. The van der Waals surface area contributed by atoms with Crippen molar-refractivity contribution in [3.05, 3.63) is 78.4 Å². The Morgan fingerprint density at radius 2 is 1.70 bits per heavy atom. The monoisotopic (exact) mass is 631 g/mol. The van der Waals surface area contributed by atoms with Gasteiger partial charge in [0, 0.05) is 5.56 Å². The highest BCUT2D eigenvalue weighted by molar-refractivity contribution is 6.02. The summed E-state index contributed by atoms with van der Waals surface area (Å²) in [6.45, 7) is 8.68. The van der Waals surface area contributed by atoms with Gasteiger partial charge in [0.05, 0.1) is 31.7 Å². The van der Waals surface area contributed by atoms with Crippen molar-refractivity contribution in [2.24, 2.45) is 11.1 Å². The molecule has 1 N–H and O–H groups in total. The smallest absolute Gasteiger partial charge is 0.329 e. The molecule has 2 amide bonds. The number of nitrogens with zero attached hydrogens (tertiary/aromatic N) is 2. The van der Waals surface area contributed by atoms with E-state index in [2.05, 4.69) is 10.5 Å². The van der Waals surface area contributed by atoms with Crippen LogP contribution in [0.15, 0.2) is 78.0 Å². The van der Waals surface area contributed by atoms with Gasteiger partial charge in [0.1, 0.15) is 17.4 Å². The third-order valence-electron chi connectivity index (χ3n) is 7.49. The van der Waals surface area contributed by atoms with Gasteiger partial charge in [-0.15, -0.1) is 0 Å². The van der Waals surface area contributed by atoms with Crippen LogP contribution < -0.4 is 10.1 Å². The average molecular weight is 632 g/mol. The Balaban J connectivity index is 1.64. The summed E-state index contributed by atoms with van der Waals surface area (Å²) in [5, 5.41) is 9.35. The number of hydrogen-bond acceptors (Lipinski definition) is 9. The average Bonchev–Trinajstić information content (AvgIpc) is 3.45. The van der Waals surface area contributed by atoms with Crippen molar-refractivity contribution in [1.29, 1.82) is 0 Å². The molecule has 0 saturated heterocycles. The molecule has 1 unspecified atom stereocenters. The van der Waals surface area contributed by atoms with Crippen LogP contribution in [-0.4, -0.2) is 72.0 Å². The fourth-order valence-electron chi connectivity index (χ4n) is 5.28. The van der Waals surface area contributed by atoms with E-state index in [1.54, 1.807) is 51.1 Å². The Labute approximate surface area is 268 Å². The molecule has 0 aliphatic carbocycles. The molecule has 0 fully saturated rings. The Morgan fingerprint density at radius 1 is 1.02 bits per heavy atom. The predicted octanol–water partition coefficient (Wildman–Crippen LogP) is 4.88. The summed E-state index contributed by atoms with van der Waals surface area (Å²) in [5.74, 6) is -1.53. The third kappa shape index (κ3) is 8.21. The quantitative estimate of drug-likeness (QED) is 0.209. The number of carbonyl (C=O) groups is 4. The van der Waals surface area contributed by atoms with Crippen LogP contribution in [0, 0.1) is 5.92 Å². The van der Waals surface area contributed by atoms with E-state index in [1.165, 1.54) is 0 Å². The van der Waals surface area contributed by atoms with Crippen LogP contribution in [0.3, 0.4) is 0 Å². The van der Waals surface area contributed by atoms with Gasteiger partial charge < -0.3 is 24.4 Å². The summed E-state index contributed by atoms with van der Waals surface area (Å²) >= 11 is 0. The number of nitrogens with one attached hydrogen (secondary N) is 1. The van der Waals surface area contributed by atoms with Gasteiger partial charge in [0.2, 0.25) is 6.41 Å². The highest BCUT2D eigenvalue weighted by Gasteiger charge is 2.52. The molecule has 1 heterocycles. The number of rotatable bonds is 13. The Kier molecular flexibility index (Phi) is 10.7. The van der Waals surface area contributed by atoms with Crippen molar-refractivity contribution in [3.63, 3.8) is 0 Å². The van der Waals surface area contributed by atoms with Crippen molar-refractivity contribution < 1.29 is 38.2 Å². The highest BCUT2D eigenvalue weighted by atomic mass is 16.7. The predicted molar refractivity (Wildman–Crippen MR) is 172 cm³/mol. The number of fused-ring (bicyclic) bond motifs is 1. The first-order valence-corrected chi connectivity index (χ1v) is 15.1. The molecule has 0 saturated carbocycles. The third-order valence-corrected chi connectivity index (χ3v) is 7.49. The first kappa shape index (κ1) is 34.0. The van der Waals surface area contributed by atoms with Crippen molar-refractivity contribution in [3.8, 4) is 5.75 Å². The highest BCUT2D eigenvalue weighted by Crippen LogP contribution is 2.34. The number of hydrogen-bond donors (Lipinski definition) is 1. The van der Waals surface area contributed by atoms with E-state index in [4.69, 9.17) is 19.0 Å². The lowest BCUT2D eigenvalue weighted by Gasteiger charge is -2.39. The zero-order valence-corrected chi connectivity index (χ0v) is 27.0. The van der Waals surface area contributed by atoms with E-state index in [0.717, 1.165) is 22.8 Å². The zero-order valence-electron chi connectivity index (χ0n) is 27.0. The van der Waals surface area contributed by atoms with E-state index in [1.807, 2.05) is 56.3 Å². The number of methoxy groups -OCH3 is 1. The van der Waals surface area contributed by atoms with Crippen LogP contribution in [0.2, 0.25) is 0 Å². The minimum atomic E-state index is -1.67. The van der Waals surface area contributed by atoms with Crippen molar-refractivity contribution in [2.45, 2.75) is 70.9 Å². The molecule has 0 radical (unpaired) electrons. The minimum Gasteiger partial charge on any atom is -0.487 e. The van der Waals surface area contributed by atoms with Gasteiger partial charge in [-0.05, 0) is 61.7 Å². The number of oxime groups is 1. The fourth-order valence-corrected chi connectivity index (χ4v) is 5.28. The molecule has 3 atom stereocenters. The van der Waals surface area contributed by atoms with Gasteiger partial charge >= 0.3 is 11.9 Å². The van der Waals surface area contributed by atoms with E-state index in [9.17, 15) is 19.2 Å². The number of esters is 2. The topological polar surface area (TPSA) is 133 Å². The van der Waals surface area contributed by atoms with Crippen LogP contribution in [-0.2, 0) is 28.7 Å². The lowest BCUT2D eigenvalue weighted by molar-refractivity contribution is -0.191. The molecule has 244 valence electrons. The van der Waals surface area contributed by atoms with E-state index in [-0.39, 0.29) is 24.9 Å². The van der Waals surface area contributed by atoms with Gasteiger partial charge in [0.25, 0.3) is 11.6 Å². The molecule has 4 rings (SSSR count). The van der Waals surface area contributed by atoms with Gasteiger partial charge in [-0.2, -0.15) is 0 Å². The first-order valence-electron chi connectivity index (χ1n) is 15.1. The maximum atomic E-state index is 13.5. The molecular weight excluding hydrogens is 590 g/mol. The van der Waals surface area contributed by atoms with Crippen LogP contribution >= 0.6 is 0 Å². The Bertz CT molecular complexity index is 1580. The van der Waals surface area contributed by atoms with Gasteiger partial charge in [-0.25, -0.2) is 4.79 Å². The molecule has 1 aliphatic rings. The molecule has 11 heteroatoms. The fraction of sp³-hybridized carbons (Fsp3) is 0.400. The van der Waals surface area contributed by atoms with Crippen LogP contribution in [0.25, 0.3) is 10.8 Å². The number of benzene rings is 3. The maximum Gasteiger partial charge on any atom is 0.329 e. The molecule has 0 aromatic heterocycles. The van der Waals surface area contributed by atoms with Gasteiger partial charge in [-0.3, -0.25) is 19.3 Å². The Morgan fingerprint density at radius 3 is 2.33 bits per heavy atom. The summed E-state index contributed by atoms with van der Waals surface area (Å²) in [5.41, 5.74) is -1.60. The lowest BCUT2D eigenvalue weighted by atomic mass is 9.92.